The monoisotopic (exact) mass is 314 g/mol. The van der Waals surface area contributed by atoms with E-state index in [0.717, 1.165) is 11.3 Å². The summed E-state index contributed by atoms with van der Waals surface area (Å²) >= 11 is 6.29. The van der Waals surface area contributed by atoms with Gasteiger partial charge in [0.15, 0.2) is 0 Å². The molecular weight excluding hydrogens is 300 g/mol. The van der Waals surface area contributed by atoms with E-state index < -0.39 is 0 Å². The zero-order chi connectivity index (χ0) is 15.5. The molecule has 3 rings (SSSR count). The number of anilines is 1. The van der Waals surface area contributed by atoms with E-state index >= 15 is 0 Å². The molecule has 0 saturated carbocycles. The van der Waals surface area contributed by atoms with Crippen LogP contribution in [0.3, 0.4) is 0 Å². The van der Waals surface area contributed by atoms with Gasteiger partial charge in [0.05, 0.1) is 17.3 Å². The molecule has 0 radical (unpaired) electrons. The molecule has 112 valence electrons. The highest BCUT2D eigenvalue weighted by molar-refractivity contribution is 6.34. The van der Waals surface area contributed by atoms with Gasteiger partial charge in [0.25, 0.3) is 5.91 Å². The van der Waals surface area contributed by atoms with Crippen molar-refractivity contribution in [1.82, 2.24) is 9.88 Å². The fourth-order valence-corrected chi connectivity index (χ4v) is 2.44. The SMILES string of the molecule is Cc1cccc(NC2=NCCN2C(=O)c2ccncc2)c1Cl. The molecule has 1 aromatic carbocycles. The van der Waals surface area contributed by atoms with E-state index in [1.807, 2.05) is 25.1 Å². The fraction of sp³-hybridized carbons (Fsp3) is 0.188. The van der Waals surface area contributed by atoms with Gasteiger partial charge in [-0.15, -0.1) is 0 Å². The molecule has 1 aliphatic heterocycles. The van der Waals surface area contributed by atoms with Crippen LogP contribution in [-0.4, -0.2) is 34.8 Å². The second-order valence-electron chi connectivity index (χ2n) is 4.96. The van der Waals surface area contributed by atoms with Crippen LogP contribution in [0.5, 0.6) is 0 Å². The van der Waals surface area contributed by atoms with Crippen molar-refractivity contribution in [2.45, 2.75) is 6.92 Å². The Labute approximate surface area is 133 Å². The van der Waals surface area contributed by atoms with Crippen molar-refractivity contribution in [3.63, 3.8) is 0 Å². The fourth-order valence-electron chi connectivity index (χ4n) is 2.27. The lowest BCUT2D eigenvalue weighted by Gasteiger charge is -2.20. The van der Waals surface area contributed by atoms with Gasteiger partial charge in [0, 0.05) is 24.5 Å². The van der Waals surface area contributed by atoms with Crippen LogP contribution in [0.15, 0.2) is 47.7 Å². The molecule has 0 fully saturated rings. The summed E-state index contributed by atoms with van der Waals surface area (Å²) < 4.78 is 0. The number of benzene rings is 1. The van der Waals surface area contributed by atoms with Gasteiger partial charge in [0.1, 0.15) is 0 Å². The molecule has 5 nitrogen and oxygen atoms in total. The molecular formula is C16H15ClN4O. The highest BCUT2D eigenvalue weighted by Crippen LogP contribution is 2.26. The second kappa shape index (κ2) is 6.15. The normalized spacial score (nSPS) is 13.9. The summed E-state index contributed by atoms with van der Waals surface area (Å²) in [5.41, 5.74) is 2.30. The number of hydrogen-bond donors (Lipinski definition) is 1. The van der Waals surface area contributed by atoms with Crippen molar-refractivity contribution >= 4 is 29.2 Å². The summed E-state index contributed by atoms with van der Waals surface area (Å²) in [7, 11) is 0. The van der Waals surface area contributed by atoms with Crippen molar-refractivity contribution in [1.29, 1.82) is 0 Å². The minimum absolute atomic E-state index is 0.102. The summed E-state index contributed by atoms with van der Waals surface area (Å²) in [6.07, 6.45) is 3.20. The Morgan fingerprint density at radius 2 is 2.05 bits per heavy atom. The van der Waals surface area contributed by atoms with Crippen LogP contribution < -0.4 is 5.32 Å². The minimum atomic E-state index is -0.102. The number of carbonyl (C=O) groups excluding carboxylic acids is 1. The van der Waals surface area contributed by atoms with Gasteiger partial charge >= 0.3 is 0 Å². The Bertz CT molecular complexity index is 730. The maximum absolute atomic E-state index is 12.5. The predicted molar refractivity (Wildman–Crippen MR) is 87.4 cm³/mol. The van der Waals surface area contributed by atoms with Gasteiger partial charge in [-0.3, -0.25) is 19.7 Å². The van der Waals surface area contributed by atoms with Gasteiger partial charge in [0.2, 0.25) is 5.96 Å². The van der Waals surface area contributed by atoms with Gasteiger partial charge < -0.3 is 5.32 Å². The van der Waals surface area contributed by atoms with E-state index in [1.165, 1.54) is 0 Å². The van der Waals surface area contributed by atoms with Crippen LogP contribution in [0.25, 0.3) is 0 Å². The molecule has 1 aliphatic rings. The van der Waals surface area contributed by atoms with E-state index in [9.17, 15) is 4.79 Å². The number of pyridine rings is 1. The summed E-state index contributed by atoms with van der Waals surface area (Å²) in [4.78, 5) is 22.5. The number of nitrogens with zero attached hydrogens (tertiary/aromatic N) is 3. The predicted octanol–water partition coefficient (Wildman–Crippen LogP) is 2.97. The topological polar surface area (TPSA) is 57.6 Å². The Balaban J connectivity index is 1.82. The first-order valence-corrected chi connectivity index (χ1v) is 7.33. The number of carbonyl (C=O) groups is 1. The lowest BCUT2D eigenvalue weighted by Crippen LogP contribution is -2.38. The van der Waals surface area contributed by atoms with E-state index in [1.54, 1.807) is 29.4 Å². The molecule has 2 aromatic rings. The lowest BCUT2D eigenvalue weighted by atomic mass is 10.2. The molecule has 2 heterocycles. The van der Waals surface area contributed by atoms with Crippen molar-refractivity contribution in [2.24, 2.45) is 4.99 Å². The third kappa shape index (κ3) is 2.80. The molecule has 1 aromatic heterocycles. The van der Waals surface area contributed by atoms with Crippen LogP contribution in [-0.2, 0) is 0 Å². The van der Waals surface area contributed by atoms with Crippen molar-refractivity contribution < 1.29 is 4.79 Å². The quantitative estimate of drug-likeness (QED) is 0.927. The standard InChI is InChI=1S/C16H15ClN4O/c1-11-3-2-4-13(14(11)17)20-16-19-9-10-21(16)15(22)12-5-7-18-8-6-12/h2-8H,9-10H2,1H3,(H,19,20). The maximum Gasteiger partial charge on any atom is 0.260 e. The van der Waals surface area contributed by atoms with E-state index in [-0.39, 0.29) is 5.91 Å². The largest absolute Gasteiger partial charge is 0.324 e. The summed E-state index contributed by atoms with van der Waals surface area (Å²) in [5, 5.41) is 3.79. The highest BCUT2D eigenvalue weighted by atomic mass is 35.5. The highest BCUT2D eigenvalue weighted by Gasteiger charge is 2.25. The zero-order valence-corrected chi connectivity index (χ0v) is 12.8. The Morgan fingerprint density at radius 1 is 1.27 bits per heavy atom. The molecule has 0 bridgehead atoms. The Hall–Kier alpha value is -2.40. The van der Waals surface area contributed by atoms with Crippen LogP contribution >= 0.6 is 11.6 Å². The van der Waals surface area contributed by atoms with Crippen molar-refractivity contribution in [3.8, 4) is 0 Å². The first-order chi connectivity index (χ1) is 10.7. The van der Waals surface area contributed by atoms with Gasteiger partial charge in [-0.05, 0) is 30.7 Å². The first-order valence-electron chi connectivity index (χ1n) is 6.95. The van der Waals surface area contributed by atoms with Crippen LogP contribution in [0, 0.1) is 6.92 Å². The summed E-state index contributed by atoms with van der Waals surface area (Å²) in [6.45, 7) is 3.05. The number of halogens is 1. The summed E-state index contributed by atoms with van der Waals surface area (Å²) in [5.74, 6) is 0.421. The van der Waals surface area contributed by atoms with Crippen LogP contribution in [0.4, 0.5) is 5.69 Å². The second-order valence-corrected chi connectivity index (χ2v) is 5.34. The number of nitrogens with one attached hydrogen (secondary N) is 1. The third-order valence-electron chi connectivity index (χ3n) is 3.45. The lowest BCUT2D eigenvalue weighted by molar-refractivity contribution is 0.0857. The average molecular weight is 315 g/mol. The number of amides is 1. The van der Waals surface area contributed by atoms with Crippen LogP contribution in [0.1, 0.15) is 15.9 Å². The van der Waals surface area contributed by atoms with E-state index in [0.29, 0.717) is 29.6 Å². The molecule has 0 unspecified atom stereocenters. The van der Waals surface area contributed by atoms with E-state index in [2.05, 4.69) is 15.3 Å². The molecule has 0 saturated heterocycles. The first kappa shape index (κ1) is 14.5. The van der Waals surface area contributed by atoms with Crippen molar-refractivity contribution in [2.75, 3.05) is 18.4 Å². The molecule has 0 spiro atoms. The smallest absolute Gasteiger partial charge is 0.260 e. The minimum Gasteiger partial charge on any atom is -0.324 e. The van der Waals surface area contributed by atoms with E-state index in [4.69, 9.17) is 11.6 Å². The number of aromatic nitrogens is 1. The number of aryl methyl sites for hydroxylation is 1. The molecule has 0 aliphatic carbocycles. The van der Waals surface area contributed by atoms with Crippen molar-refractivity contribution in [3.05, 3.63) is 58.9 Å². The molecule has 6 heteroatoms. The number of hydrogen-bond acceptors (Lipinski definition) is 4. The maximum atomic E-state index is 12.5. The molecule has 1 amide bonds. The molecule has 0 atom stereocenters. The van der Waals surface area contributed by atoms with Gasteiger partial charge in [-0.25, -0.2) is 0 Å². The molecule has 22 heavy (non-hydrogen) atoms. The number of aliphatic imine (C=N–C) groups is 1. The number of rotatable bonds is 2. The van der Waals surface area contributed by atoms with Gasteiger partial charge in [-0.1, -0.05) is 23.7 Å². The Morgan fingerprint density at radius 3 is 2.82 bits per heavy atom. The average Bonchev–Trinajstić information content (AvgIpc) is 3.00. The van der Waals surface area contributed by atoms with Crippen LogP contribution in [0.2, 0.25) is 5.02 Å². The van der Waals surface area contributed by atoms with Gasteiger partial charge in [-0.2, -0.15) is 0 Å². The number of guanidine groups is 1. The Kier molecular flexibility index (Phi) is 4.06. The zero-order valence-electron chi connectivity index (χ0n) is 12.1. The molecule has 1 N–H and O–H groups in total. The third-order valence-corrected chi connectivity index (χ3v) is 3.95. The summed E-state index contributed by atoms with van der Waals surface area (Å²) in [6, 6.07) is 9.10.